The van der Waals surface area contributed by atoms with E-state index in [0.717, 1.165) is 6.42 Å². The van der Waals surface area contributed by atoms with Gasteiger partial charge in [-0.2, -0.15) is 0 Å². The number of anilines is 1. The van der Waals surface area contributed by atoms with E-state index in [-0.39, 0.29) is 11.3 Å². The predicted octanol–water partition coefficient (Wildman–Crippen LogP) is 1.95. The summed E-state index contributed by atoms with van der Waals surface area (Å²) in [4.78, 5) is 22.1. The number of carbonyl (C=O) groups excluding carboxylic acids is 1. The molecule has 0 aliphatic heterocycles. The van der Waals surface area contributed by atoms with Crippen LogP contribution < -0.4 is 11.1 Å². The van der Waals surface area contributed by atoms with Crippen LogP contribution in [-0.2, 0) is 0 Å². The van der Waals surface area contributed by atoms with Gasteiger partial charge >= 0.3 is 0 Å². The highest BCUT2D eigenvalue weighted by molar-refractivity contribution is 5.99. The number of amides is 1. The summed E-state index contributed by atoms with van der Waals surface area (Å²) >= 11 is 0. The number of rotatable bonds is 5. The quantitative estimate of drug-likeness (QED) is 0.474. The van der Waals surface area contributed by atoms with Gasteiger partial charge < -0.3 is 11.1 Å². The van der Waals surface area contributed by atoms with E-state index in [2.05, 4.69) is 5.32 Å². The molecule has 98 valence electrons. The van der Waals surface area contributed by atoms with E-state index in [0.29, 0.717) is 18.2 Å². The van der Waals surface area contributed by atoms with E-state index >= 15 is 0 Å². The molecule has 0 fully saturated rings. The normalized spacial score (nSPS) is 10.4. The Morgan fingerprint density at radius 1 is 1.50 bits per heavy atom. The molecule has 0 bridgehead atoms. The van der Waals surface area contributed by atoms with Crippen LogP contribution in [0.4, 0.5) is 11.4 Å². The Morgan fingerprint density at radius 2 is 2.17 bits per heavy atom. The summed E-state index contributed by atoms with van der Waals surface area (Å²) in [5.74, 6) is -0.00391. The van der Waals surface area contributed by atoms with Crippen LogP contribution in [0.5, 0.6) is 0 Å². The molecule has 1 aromatic carbocycles. The molecule has 0 atom stereocenters. The third kappa shape index (κ3) is 3.73. The van der Waals surface area contributed by atoms with Gasteiger partial charge in [-0.05, 0) is 24.5 Å². The molecule has 0 saturated carbocycles. The molecule has 6 nitrogen and oxygen atoms in total. The molecule has 18 heavy (non-hydrogen) atoms. The van der Waals surface area contributed by atoms with E-state index in [1.165, 1.54) is 18.2 Å². The smallest absolute Gasteiger partial charge is 0.282 e. The third-order valence-electron chi connectivity index (χ3n) is 2.47. The number of hydrogen-bond donors (Lipinski definition) is 2. The van der Waals surface area contributed by atoms with Crippen LogP contribution in [0.2, 0.25) is 0 Å². The molecular formula is C12H17N3O3. The topological polar surface area (TPSA) is 98.3 Å². The van der Waals surface area contributed by atoms with Crippen LogP contribution in [0.3, 0.4) is 0 Å². The second-order valence-corrected chi connectivity index (χ2v) is 4.47. The zero-order chi connectivity index (χ0) is 13.7. The Bertz CT molecular complexity index is 458. The van der Waals surface area contributed by atoms with Crippen LogP contribution in [-0.4, -0.2) is 17.4 Å². The second kappa shape index (κ2) is 6.00. The van der Waals surface area contributed by atoms with Gasteiger partial charge in [-0.15, -0.1) is 0 Å². The minimum Gasteiger partial charge on any atom is -0.399 e. The van der Waals surface area contributed by atoms with Crippen LogP contribution >= 0.6 is 0 Å². The standard InChI is InChI=1S/C12H17N3O3/c1-8(2)5-6-14-12(16)10-7-9(13)3-4-11(10)15(17)18/h3-4,7-8H,5-6,13H2,1-2H3,(H,14,16). The van der Waals surface area contributed by atoms with Crippen molar-refractivity contribution in [3.63, 3.8) is 0 Å². The molecule has 0 aromatic heterocycles. The van der Waals surface area contributed by atoms with E-state index < -0.39 is 10.8 Å². The van der Waals surface area contributed by atoms with Crippen molar-refractivity contribution in [2.24, 2.45) is 5.92 Å². The van der Waals surface area contributed by atoms with Crippen molar-refractivity contribution >= 4 is 17.3 Å². The Kier molecular flexibility index (Phi) is 4.65. The maximum Gasteiger partial charge on any atom is 0.282 e. The first-order valence-corrected chi connectivity index (χ1v) is 5.74. The Morgan fingerprint density at radius 3 is 2.72 bits per heavy atom. The maximum atomic E-state index is 11.8. The fourth-order valence-electron chi connectivity index (χ4n) is 1.46. The lowest BCUT2D eigenvalue weighted by Gasteiger charge is -2.08. The van der Waals surface area contributed by atoms with E-state index in [9.17, 15) is 14.9 Å². The lowest BCUT2D eigenvalue weighted by Crippen LogP contribution is -2.26. The van der Waals surface area contributed by atoms with Crippen molar-refractivity contribution in [1.29, 1.82) is 0 Å². The van der Waals surface area contributed by atoms with Gasteiger partial charge in [0.05, 0.1) is 4.92 Å². The minimum atomic E-state index is -0.587. The fraction of sp³-hybridized carbons (Fsp3) is 0.417. The van der Waals surface area contributed by atoms with E-state index in [4.69, 9.17) is 5.73 Å². The van der Waals surface area contributed by atoms with Crippen molar-refractivity contribution in [3.8, 4) is 0 Å². The summed E-state index contributed by atoms with van der Waals surface area (Å²) in [5.41, 5.74) is 5.64. The first-order valence-electron chi connectivity index (χ1n) is 5.74. The van der Waals surface area contributed by atoms with Crippen LogP contribution in [0.15, 0.2) is 18.2 Å². The van der Waals surface area contributed by atoms with Gasteiger partial charge in [0, 0.05) is 18.3 Å². The lowest BCUT2D eigenvalue weighted by atomic mass is 10.1. The van der Waals surface area contributed by atoms with Gasteiger partial charge in [0.25, 0.3) is 11.6 Å². The number of nitro groups is 1. The molecule has 6 heteroatoms. The zero-order valence-electron chi connectivity index (χ0n) is 10.5. The first kappa shape index (κ1) is 14.0. The Hall–Kier alpha value is -2.11. The van der Waals surface area contributed by atoms with Crippen molar-refractivity contribution in [1.82, 2.24) is 5.32 Å². The predicted molar refractivity (Wildman–Crippen MR) is 69.3 cm³/mol. The summed E-state index contributed by atoms with van der Waals surface area (Å²) in [7, 11) is 0. The number of nitro benzene ring substituents is 1. The molecule has 0 unspecified atom stereocenters. The van der Waals surface area contributed by atoms with Crippen molar-refractivity contribution in [2.45, 2.75) is 20.3 Å². The zero-order valence-corrected chi connectivity index (χ0v) is 10.5. The van der Waals surface area contributed by atoms with Crippen LogP contribution in [0.25, 0.3) is 0 Å². The second-order valence-electron chi connectivity index (χ2n) is 4.47. The van der Waals surface area contributed by atoms with Gasteiger partial charge in [-0.25, -0.2) is 0 Å². The summed E-state index contributed by atoms with van der Waals surface area (Å²) in [6.45, 7) is 4.56. The van der Waals surface area contributed by atoms with Crippen LogP contribution in [0.1, 0.15) is 30.6 Å². The molecule has 3 N–H and O–H groups in total. The third-order valence-corrected chi connectivity index (χ3v) is 2.47. The molecule has 0 spiro atoms. The van der Waals surface area contributed by atoms with E-state index in [1.54, 1.807) is 0 Å². The number of benzene rings is 1. The fourth-order valence-corrected chi connectivity index (χ4v) is 1.46. The number of nitrogens with two attached hydrogens (primary N) is 1. The van der Waals surface area contributed by atoms with Gasteiger partial charge in [0.15, 0.2) is 0 Å². The molecule has 0 saturated heterocycles. The van der Waals surface area contributed by atoms with Crippen molar-refractivity contribution in [2.75, 3.05) is 12.3 Å². The minimum absolute atomic E-state index is 0.00348. The van der Waals surface area contributed by atoms with Gasteiger partial charge in [0.2, 0.25) is 0 Å². The highest BCUT2D eigenvalue weighted by Crippen LogP contribution is 2.21. The summed E-state index contributed by atoms with van der Waals surface area (Å²) in [6.07, 6.45) is 0.821. The van der Waals surface area contributed by atoms with Crippen molar-refractivity contribution < 1.29 is 9.72 Å². The molecule has 1 rings (SSSR count). The van der Waals surface area contributed by atoms with E-state index in [1.807, 2.05) is 13.8 Å². The number of nitrogen functional groups attached to an aromatic ring is 1. The SMILES string of the molecule is CC(C)CCNC(=O)c1cc(N)ccc1[N+](=O)[O-]. The van der Waals surface area contributed by atoms with Crippen molar-refractivity contribution in [3.05, 3.63) is 33.9 Å². The number of carbonyl (C=O) groups is 1. The largest absolute Gasteiger partial charge is 0.399 e. The highest BCUT2D eigenvalue weighted by atomic mass is 16.6. The molecule has 0 radical (unpaired) electrons. The molecular weight excluding hydrogens is 234 g/mol. The average molecular weight is 251 g/mol. The van der Waals surface area contributed by atoms with Gasteiger partial charge in [-0.1, -0.05) is 13.8 Å². The number of nitrogens with one attached hydrogen (secondary N) is 1. The molecule has 0 aliphatic carbocycles. The molecule has 0 aliphatic rings. The molecule has 1 aromatic rings. The summed E-state index contributed by atoms with van der Waals surface area (Å²) in [5, 5.41) is 13.5. The molecule has 0 heterocycles. The first-order chi connectivity index (χ1) is 8.41. The summed E-state index contributed by atoms with van der Waals surface area (Å²) in [6, 6.07) is 3.97. The maximum absolute atomic E-state index is 11.8. The summed E-state index contributed by atoms with van der Waals surface area (Å²) < 4.78 is 0. The number of hydrogen-bond acceptors (Lipinski definition) is 4. The number of nitrogens with zero attached hydrogens (tertiary/aromatic N) is 1. The molecule has 1 amide bonds. The van der Waals surface area contributed by atoms with Gasteiger partial charge in [-0.3, -0.25) is 14.9 Å². The monoisotopic (exact) mass is 251 g/mol. The highest BCUT2D eigenvalue weighted by Gasteiger charge is 2.19. The average Bonchev–Trinajstić information content (AvgIpc) is 2.27. The van der Waals surface area contributed by atoms with Crippen LogP contribution in [0, 0.1) is 16.0 Å². The Balaban J connectivity index is 2.84. The van der Waals surface area contributed by atoms with Gasteiger partial charge in [0.1, 0.15) is 5.56 Å². The Labute approximate surface area is 105 Å². The lowest BCUT2D eigenvalue weighted by molar-refractivity contribution is -0.385.